The average molecular weight is 232 g/mol. The van der Waals surface area contributed by atoms with Crippen molar-refractivity contribution in [3.05, 3.63) is 42.0 Å². The highest BCUT2D eigenvalue weighted by atomic mass is 16.5. The number of ketones is 1. The molecule has 1 aromatic rings. The van der Waals surface area contributed by atoms with Crippen molar-refractivity contribution >= 4 is 5.78 Å². The van der Waals surface area contributed by atoms with E-state index >= 15 is 0 Å². The molecule has 0 unspecified atom stereocenters. The summed E-state index contributed by atoms with van der Waals surface area (Å²) >= 11 is 0. The molecule has 0 aromatic heterocycles. The van der Waals surface area contributed by atoms with Gasteiger partial charge in [-0.25, -0.2) is 0 Å². The van der Waals surface area contributed by atoms with Gasteiger partial charge in [0.05, 0.1) is 6.61 Å². The Kier molecular flexibility index (Phi) is 5.47. The number of carbonyl (C=O) groups excluding carboxylic acids is 1. The molecule has 0 atom stereocenters. The zero-order valence-corrected chi connectivity index (χ0v) is 10.7. The Bertz CT molecular complexity index is 394. The Morgan fingerprint density at radius 2 is 2.12 bits per heavy atom. The Balaban J connectivity index is 2.63. The second-order valence-corrected chi connectivity index (χ2v) is 4.26. The van der Waals surface area contributed by atoms with Crippen molar-refractivity contribution in [3.63, 3.8) is 0 Å². The largest absolute Gasteiger partial charge is 0.494 e. The summed E-state index contributed by atoms with van der Waals surface area (Å²) < 4.78 is 5.50. The van der Waals surface area contributed by atoms with Crippen LogP contribution in [0.15, 0.2) is 36.4 Å². The van der Waals surface area contributed by atoms with Crippen molar-refractivity contribution in [3.8, 4) is 5.75 Å². The van der Waals surface area contributed by atoms with Crippen molar-refractivity contribution in [2.75, 3.05) is 6.61 Å². The highest BCUT2D eigenvalue weighted by Crippen LogP contribution is 2.16. The first-order chi connectivity index (χ1) is 8.13. The molecule has 0 aliphatic heterocycles. The van der Waals surface area contributed by atoms with E-state index in [1.54, 1.807) is 0 Å². The summed E-state index contributed by atoms with van der Waals surface area (Å²) in [7, 11) is 0. The van der Waals surface area contributed by atoms with Gasteiger partial charge in [-0.05, 0) is 31.9 Å². The molecule has 0 amide bonds. The van der Waals surface area contributed by atoms with Crippen LogP contribution in [-0.2, 0) is 0 Å². The number of ether oxygens (including phenoxy) is 1. The van der Waals surface area contributed by atoms with E-state index < -0.39 is 0 Å². The number of hydrogen-bond donors (Lipinski definition) is 0. The fourth-order valence-electron chi connectivity index (χ4n) is 1.45. The standard InChI is InChI=1S/C15H20O2/c1-4-10-17-14-7-5-6-13(11-14)15(16)9-8-12(2)3/h5-7,11H,2,4,8-10H2,1,3H3. The van der Waals surface area contributed by atoms with Gasteiger partial charge in [0.1, 0.15) is 5.75 Å². The average Bonchev–Trinajstić information content (AvgIpc) is 2.33. The van der Waals surface area contributed by atoms with Crippen LogP contribution in [0.2, 0.25) is 0 Å². The minimum absolute atomic E-state index is 0.148. The number of benzene rings is 1. The summed E-state index contributed by atoms with van der Waals surface area (Å²) in [6.07, 6.45) is 2.24. The topological polar surface area (TPSA) is 26.3 Å². The van der Waals surface area contributed by atoms with E-state index in [1.807, 2.05) is 31.2 Å². The minimum atomic E-state index is 0.148. The molecule has 92 valence electrons. The van der Waals surface area contributed by atoms with E-state index in [-0.39, 0.29) is 5.78 Å². The van der Waals surface area contributed by atoms with Gasteiger partial charge in [0.15, 0.2) is 5.78 Å². The summed E-state index contributed by atoms with van der Waals surface area (Å²) in [5, 5.41) is 0. The Morgan fingerprint density at radius 3 is 2.76 bits per heavy atom. The molecule has 0 saturated carbocycles. The van der Waals surface area contributed by atoms with Crippen molar-refractivity contribution in [2.24, 2.45) is 0 Å². The van der Waals surface area contributed by atoms with Crippen LogP contribution in [0.1, 0.15) is 43.5 Å². The molecular formula is C15H20O2. The van der Waals surface area contributed by atoms with Crippen LogP contribution in [0.25, 0.3) is 0 Å². The third-order valence-corrected chi connectivity index (χ3v) is 2.41. The maximum atomic E-state index is 11.9. The highest BCUT2D eigenvalue weighted by Gasteiger charge is 2.06. The van der Waals surface area contributed by atoms with E-state index in [4.69, 9.17) is 4.74 Å². The minimum Gasteiger partial charge on any atom is -0.494 e. The first kappa shape index (κ1) is 13.5. The lowest BCUT2D eigenvalue weighted by molar-refractivity contribution is 0.0982. The lowest BCUT2D eigenvalue weighted by Crippen LogP contribution is -2.01. The predicted molar refractivity (Wildman–Crippen MR) is 70.6 cm³/mol. The molecule has 17 heavy (non-hydrogen) atoms. The number of carbonyl (C=O) groups is 1. The molecule has 2 heteroatoms. The van der Waals surface area contributed by atoms with Crippen LogP contribution in [0.3, 0.4) is 0 Å². The van der Waals surface area contributed by atoms with Crippen LogP contribution < -0.4 is 4.74 Å². The van der Waals surface area contributed by atoms with Gasteiger partial charge in [-0.2, -0.15) is 0 Å². The maximum Gasteiger partial charge on any atom is 0.163 e. The van der Waals surface area contributed by atoms with Crippen LogP contribution in [-0.4, -0.2) is 12.4 Å². The molecule has 0 heterocycles. The van der Waals surface area contributed by atoms with Gasteiger partial charge in [-0.15, -0.1) is 6.58 Å². The van der Waals surface area contributed by atoms with E-state index in [0.717, 1.165) is 29.7 Å². The van der Waals surface area contributed by atoms with Gasteiger partial charge in [0.2, 0.25) is 0 Å². The third-order valence-electron chi connectivity index (χ3n) is 2.41. The molecule has 1 rings (SSSR count). The Morgan fingerprint density at radius 1 is 1.35 bits per heavy atom. The molecule has 0 aliphatic carbocycles. The van der Waals surface area contributed by atoms with Crippen LogP contribution in [0.4, 0.5) is 0 Å². The summed E-state index contributed by atoms with van der Waals surface area (Å²) in [4.78, 5) is 11.9. The second-order valence-electron chi connectivity index (χ2n) is 4.26. The van der Waals surface area contributed by atoms with Crippen molar-refractivity contribution in [2.45, 2.75) is 33.1 Å². The molecule has 0 N–H and O–H groups in total. The molecule has 0 aliphatic rings. The molecular weight excluding hydrogens is 212 g/mol. The summed E-state index contributed by atoms with van der Waals surface area (Å²) in [5.41, 5.74) is 1.76. The number of allylic oxidation sites excluding steroid dienone is 1. The zero-order valence-electron chi connectivity index (χ0n) is 10.7. The van der Waals surface area contributed by atoms with Crippen molar-refractivity contribution in [1.29, 1.82) is 0 Å². The molecule has 2 nitrogen and oxygen atoms in total. The Labute approximate surface area is 103 Å². The van der Waals surface area contributed by atoms with Crippen LogP contribution in [0, 0.1) is 0 Å². The highest BCUT2D eigenvalue weighted by molar-refractivity contribution is 5.96. The van der Waals surface area contributed by atoms with Gasteiger partial charge in [-0.1, -0.05) is 24.6 Å². The molecule has 0 saturated heterocycles. The van der Waals surface area contributed by atoms with Gasteiger partial charge in [0, 0.05) is 12.0 Å². The fourth-order valence-corrected chi connectivity index (χ4v) is 1.45. The SMILES string of the molecule is C=C(C)CCC(=O)c1cccc(OCCC)c1. The van der Waals surface area contributed by atoms with E-state index in [2.05, 4.69) is 13.5 Å². The third kappa shape index (κ3) is 4.85. The monoisotopic (exact) mass is 232 g/mol. The molecule has 0 spiro atoms. The van der Waals surface area contributed by atoms with E-state index in [0.29, 0.717) is 13.0 Å². The first-order valence-corrected chi connectivity index (χ1v) is 6.04. The quantitative estimate of drug-likeness (QED) is 0.524. The van der Waals surface area contributed by atoms with Gasteiger partial charge in [-0.3, -0.25) is 4.79 Å². The van der Waals surface area contributed by atoms with Crippen LogP contribution >= 0.6 is 0 Å². The van der Waals surface area contributed by atoms with E-state index in [9.17, 15) is 4.79 Å². The lowest BCUT2D eigenvalue weighted by atomic mass is 10.0. The first-order valence-electron chi connectivity index (χ1n) is 6.04. The number of Topliss-reactive ketones (excluding diaryl/α,β-unsaturated/α-hetero) is 1. The molecule has 1 aromatic carbocycles. The number of rotatable bonds is 7. The molecule has 0 bridgehead atoms. The Hall–Kier alpha value is -1.57. The van der Waals surface area contributed by atoms with Crippen molar-refractivity contribution < 1.29 is 9.53 Å². The second kappa shape index (κ2) is 6.89. The predicted octanol–water partition coefficient (Wildman–Crippen LogP) is 4.01. The van der Waals surface area contributed by atoms with Crippen LogP contribution in [0.5, 0.6) is 5.75 Å². The summed E-state index contributed by atoms with van der Waals surface area (Å²) in [6.45, 7) is 8.48. The fraction of sp³-hybridized carbons (Fsp3) is 0.400. The van der Waals surface area contributed by atoms with Gasteiger partial charge in [0.25, 0.3) is 0 Å². The maximum absolute atomic E-state index is 11.9. The molecule has 0 fully saturated rings. The van der Waals surface area contributed by atoms with Crippen molar-refractivity contribution in [1.82, 2.24) is 0 Å². The van der Waals surface area contributed by atoms with E-state index in [1.165, 1.54) is 0 Å². The lowest BCUT2D eigenvalue weighted by Gasteiger charge is -2.06. The van der Waals surface area contributed by atoms with Gasteiger partial charge < -0.3 is 4.74 Å². The number of hydrogen-bond acceptors (Lipinski definition) is 2. The summed E-state index contributed by atoms with van der Waals surface area (Å²) in [5.74, 6) is 0.919. The zero-order chi connectivity index (χ0) is 12.7. The smallest absolute Gasteiger partial charge is 0.163 e. The van der Waals surface area contributed by atoms with Gasteiger partial charge >= 0.3 is 0 Å². The molecule has 0 radical (unpaired) electrons. The normalized spacial score (nSPS) is 10.0. The summed E-state index contributed by atoms with van der Waals surface area (Å²) in [6, 6.07) is 7.39.